The van der Waals surface area contributed by atoms with Crippen molar-refractivity contribution in [3.63, 3.8) is 0 Å². The SMILES string of the molecule is NCCCCNC(O)CNC(=O)C(Cc1ccccc1)NC(=O)CNC(=O)CNC(=O)[C@H](CC(=O)O)NC(=O)CCCCCNC(=O)/C=C\CO. The number of unbranched alkanes of at least 4 members (excludes halogenated alkanes) is 3. The summed E-state index contributed by atoms with van der Waals surface area (Å²) in [5.74, 6) is -5.25. The largest absolute Gasteiger partial charge is 0.481 e. The first-order valence-corrected chi connectivity index (χ1v) is 16.8. The maximum Gasteiger partial charge on any atom is 0.305 e. The normalized spacial score (nSPS) is 12.6. The topological polar surface area (TPSA) is 290 Å². The lowest BCUT2D eigenvalue weighted by Crippen LogP contribution is -2.53. The number of rotatable bonds is 27. The molecule has 18 heteroatoms. The quantitative estimate of drug-likeness (QED) is 0.0245. The monoisotopic (exact) mass is 720 g/mol. The van der Waals surface area contributed by atoms with Crippen molar-refractivity contribution in [3.05, 3.63) is 48.0 Å². The highest BCUT2D eigenvalue weighted by molar-refractivity contribution is 5.94. The lowest BCUT2D eigenvalue weighted by Gasteiger charge is -2.20. The van der Waals surface area contributed by atoms with E-state index in [1.807, 2.05) is 0 Å². The van der Waals surface area contributed by atoms with Gasteiger partial charge in [-0.3, -0.25) is 38.9 Å². The number of carbonyl (C=O) groups is 7. The molecule has 18 nitrogen and oxygen atoms in total. The van der Waals surface area contributed by atoms with Crippen LogP contribution in [0.15, 0.2) is 42.5 Å². The number of carbonyl (C=O) groups excluding carboxylic acids is 6. The molecule has 1 rings (SSSR count). The van der Waals surface area contributed by atoms with Crippen LogP contribution < -0.4 is 43.0 Å². The molecule has 3 atom stereocenters. The molecule has 0 bridgehead atoms. The summed E-state index contributed by atoms with van der Waals surface area (Å²) >= 11 is 0. The number of nitrogens with two attached hydrogens (primary N) is 1. The molecule has 51 heavy (non-hydrogen) atoms. The van der Waals surface area contributed by atoms with Crippen LogP contribution >= 0.6 is 0 Å². The number of carboxylic acid groups (broad SMARTS) is 1. The number of aliphatic hydroxyl groups is 2. The van der Waals surface area contributed by atoms with E-state index in [2.05, 4.69) is 37.2 Å². The molecule has 2 unspecified atom stereocenters. The molecule has 0 saturated heterocycles. The molecule has 1 aromatic rings. The average Bonchev–Trinajstić information content (AvgIpc) is 3.10. The standard InChI is InChI=1S/C33H52N8O10/c34-14-6-8-16-36-28(45)20-38-32(50)24(18-23-10-3-1-4-11-23)41-30(47)22-37-29(46)21-39-33(51)25(19-31(48)49)40-27(44)12-5-2-7-15-35-26(43)13-9-17-42/h1,3-4,9-11,13,24-25,28,36,42,45H,2,5-8,12,14-22,34H2,(H,35,43)(H,37,46)(H,38,50)(H,39,51)(H,40,44)(H,41,47)(H,48,49)/b13-9-/t24?,25-,28?/m0/s1. The summed E-state index contributed by atoms with van der Waals surface area (Å²) in [5.41, 5.74) is 6.21. The maximum absolute atomic E-state index is 12.9. The van der Waals surface area contributed by atoms with E-state index < -0.39 is 73.3 Å². The van der Waals surface area contributed by atoms with Crippen molar-refractivity contribution >= 4 is 41.4 Å². The number of amides is 6. The molecular weight excluding hydrogens is 668 g/mol. The second-order valence-corrected chi connectivity index (χ2v) is 11.4. The molecule has 0 saturated carbocycles. The van der Waals surface area contributed by atoms with Gasteiger partial charge in [0.2, 0.25) is 35.4 Å². The fourth-order valence-electron chi connectivity index (χ4n) is 4.44. The van der Waals surface area contributed by atoms with Gasteiger partial charge < -0.3 is 53.0 Å². The molecule has 0 radical (unpaired) electrons. The molecule has 0 heterocycles. The van der Waals surface area contributed by atoms with Crippen LogP contribution in [0.3, 0.4) is 0 Å². The van der Waals surface area contributed by atoms with Gasteiger partial charge in [0.15, 0.2) is 0 Å². The fraction of sp³-hybridized carbons (Fsp3) is 0.545. The van der Waals surface area contributed by atoms with Gasteiger partial charge in [-0.05, 0) is 44.3 Å². The summed E-state index contributed by atoms with van der Waals surface area (Å²) in [4.78, 5) is 85.7. The van der Waals surface area contributed by atoms with Crippen molar-refractivity contribution < 1.29 is 48.9 Å². The van der Waals surface area contributed by atoms with E-state index in [0.29, 0.717) is 38.9 Å². The van der Waals surface area contributed by atoms with Gasteiger partial charge >= 0.3 is 5.97 Å². The summed E-state index contributed by atoms with van der Waals surface area (Å²) in [5, 5.41) is 45.5. The fourth-order valence-corrected chi connectivity index (χ4v) is 4.44. The number of hydrogen-bond acceptors (Lipinski definition) is 11. The molecule has 284 valence electrons. The molecule has 0 fully saturated rings. The number of nitrogens with one attached hydrogen (secondary N) is 7. The molecule has 0 aliphatic carbocycles. The van der Waals surface area contributed by atoms with Gasteiger partial charge in [-0.2, -0.15) is 0 Å². The van der Waals surface area contributed by atoms with Crippen LogP contribution in [0.1, 0.15) is 50.5 Å². The van der Waals surface area contributed by atoms with Gasteiger partial charge in [0.1, 0.15) is 18.3 Å². The van der Waals surface area contributed by atoms with E-state index in [9.17, 15) is 43.8 Å². The zero-order chi connectivity index (χ0) is 37.9. The van der Waals surface area contributed by atoms with Crippen molar-refractivity contribution in [1.82, 2.24) is 37.2 Å². The number of benzene rings is 1. The first-order chi connectivity index (χ1) is 24.4. The third-order valence-corrected chi connectivity index (χ3v) is 7.07. The van der Waals surface area contributed by atoms with E-state index in [4.69, 9.17) is 10.8 Å². The summed E-state index contributed by atoms with van der Waals surface area (Å²) < 4.78 is 0. The van der Waals surface area contributed by atoms with Crippen LogP contribution in [-0.2, 0) is 40.0 Å². The van der Waals surface area contributed by atoms with E-state index in [0.717, 1.165) is 18.4 Å². The summed E-state index contributed by atoms with van der Waals surface area (Å²) in [6.45, 7) is -0.153. The van der Waals surface area contributed by atoms with Crippen molar-refractivity contribution in [3.8, 4) is 0 Å². The Hall–Kier alpha value is -4.91. The third kappa shape index (κ3) is 22.4. The Bertz CT molecular complexity index is 1280. The summed E-state index contributed by atoms with van der Waals surface area (Å²) in [6, 6.07) is 6.39. The van der Waals surface area contributed by atoms with E-state index in [-0.39, 0.29) is 31.9 Å². The first-order valence-electron chi connectivity index (χ1n) is 16.8. The predicted octanol–water partition coefficient (Wildman–Crippen LogP) is -3.11. The van der Waals surface area contributed by atoms with Gasteiger partial charge in [-0.25, -0.2) is 0 Å². The molecule has 0 aromatic heterocycles. The van der Waals surface area contributed by atoms with Crippen molar-refractivity contribution in [2.45, 2.75) is 69.7 Å². The highest BCUT2D eigenvalue weighted by atomic mass is 16.4. The van der Waals surface area contributed by atoms with Crippen LogP contribution in [0.2, 0.25) is 0 Å². The second kappa shape index (κ2) is 26.9. The molecule has 6 amide bonds. The average molecular weight is 721 g/mol. The maximum atomic E-state index is 12.9. The molecular formula is C33H52N8O10. The van der Waals surface area contributed by atoms with Crippen LogP contribution in [-0.4, -0.2) is 121 Å². The Kier molecular flexibility index (Phi) is 23.3. The molecule has 0 spiro atoms. The minimum absolute atomic E-state index is 0.00659. The minimum atomic E-state index is -1.46. The van der Waals surface area contributed by atoms with Crippen molar-refractivity contribution in [2.24, 2.45) is 5.73 Å². The summed E-state index contributed by atoms with van der Waals surface area (Å²) in [6.07, 6.45) is 3.93. The number of aliphatic carboxylic acids is 1. The lowest BCUT2D eigenvalue weighted by molar-refractivity contribution is -0.140. The van der Waals surface area contributed by atoms with Gasteiger partial charge in [-0.1, -0.05) is 42.8 Å². The minimum Gasteiger partial charge on any atom is -0.481 e. The Balaban J connectivity index is 2.55. The smallest absolute Gasteiger partial charge is 0.305 e. The van der Waals surface area contributed by atoms with Gasteiger partial charge in [0.05, 0.1) is 32.7 Å². The molecule has 0 aliphatic rings. The molecule has 12 N–H and O–H groups in total. The van der Waals surface area contributed by atoms with E-state index in [1.165, 1.54) is 12.2 Å². The van der Waals surface area contributed by atoms with Crippen LogP contribution in [0, 0.1) is 0 Å². The number of hydrogen-bond donors (Lipinski definition) is 11. The highest BCUT2D eigenvalue weighted by Crippen LogP contribution is 2.04. The zero-order valence-electron chi connectivity index (χ0n) is 28.7. The molecule has 1 aromatic carbocycles. The number of carboxylic acids is 1. The van der Waals surface area contributed by atoms with Crippen LogP contribution in [0.4, 0.5) is 0 Å². The summed E-state index contributed by atoms with van der Waals surface area (Å²) in [7, 11) is 0. The van der Waals surface area contributed by atoms with Crippen LogP contribution in [0.25, 0.3) is 0 Å². The highest BCUT2D eigenvalue weighted by Gasteiger charge is 2.25. The number of aliphatic hydroxyl groups excluding tert-OH is 2. The van der Waals surface area contributed by atoms with Gasteiger partial charge in [0, 0.05) is 25.5 Å². The third-order valence-electron chi connectivity index (χ3n) is 7.07. The Morgan fingerprint density at radius 3 is 2.10 bits per heavy atom. The van der Waals surface area contributed by atoms with Crippen molar-refractivity contribution in [1.29, 1.82) is 0 Å². The molecule has 0 aliphatic heterocycles. The Morgan fingerprint density at radius 1 is 0.745 bits per heavy atom. The van der Waals surface area contributed by atoms with Crippen LogP contribution in [0.5, 0.6) is 0 Å². The van der Waals surface area contributed by atoms with E-state index in [1.54, 1.807) is 30.3 Å². The predicted molar refractivity (Wildman–Crippen MR) is 185 cm³/mol. The second-order valence-electron chi connectivity index (χ2n) is 11.4. The van der Waals surface area contributed by atoms with Gasteiger partial charge in [-0.15, -0.1) is 0 Å². The van der Waals surface area contributed by atoms with Gasteiger partial charge in [0.25, 0.3) is 0 Å². The first kappa shape index (κ1) is 44.1. The van der Waals surface area contributed by atoms with E-state index >= 15 is 0 Å². The lowest BCUT2D eigenvalue weighted by atomic mass is 10.1. The zero-order valence-corrected chi connectivity index (χ0v) is 28.7. The Morgan fingerprint density at radius 2 is 1.41 bits per heavy atom. The van der Waals surface area contributed by atoms with Crippen molar-refractivity contribution in [2.75, 3.05) is 45.9 Å². The Labute approximate surface area is 296 Å².